The van der Waals surface area contributed by atoms with Crippen molar-refractivity contribution in [2.75, 3.05) is 18.1 Å². The van der Waals surface area contributed by atoms with E-state index >= 15 is 0 Å². The summed E-state index contributed by atoms with van der Waals surface area (Å²) >= 11 is 1.87. The molecular formula is C15H19FN2OS. The molecule has 2 N–H and O–H groups in total. The number of nitriles is 1. The van der Waals surface area contributed by atoms with Crippen LogP contribution in [0.3, 0.4) is 0 Å². The van der Waals surface area contributed by atoms with Crippen LogP contribution >= 0.6 is 11.8 Å². The van der Waals surface area contributed by atoms with E-state index in [2.05, 4.69) is 5.32 Å². The van der Waals surface area contributed by atoms with Crippen LogP contribution in [0.2, 0.25) is 0 Å². The molecule has 1 atom stereocenters. The summed E-state index contributed by atoms with van der Waals surface area (Å²) in [5.41, 5.74) is 0.198. The fourth-order valence-electron chi connectivity index (χ4n) is 2.28. The standard InChI is InChI=1S/C15H19FN2OS/c1-11(12-2-3-13(9-17)14(16)8-12)18-10-15(19)4-6-20-7-5-15/h2-3,8,11,18-19H,4-7,10H2,1H3. The minimum absolute atomic E-state index is 0.0592. The van der Waals surface area contributed by atoms with Crippen LogP contribution in [0.1, 0.15) is 36.9 Å². The van der Waals surface area contributed by atoms with Gasteiger partial charge in [0.25, 0.3) is 0 Å². The molecular weight excluding hydrogens is 275 g/mol. The molecule has 20 heavy (non-hydrogen) atoms. The Kier molecular flexibility index (Phi) is 5.03. The predicted molar refractivity (Wildman–Crippen MR) is 79.0 cm³/mol. The van der Waals surface area contributed by atoms with Gasteiger partial charge in [-0.3, -0.25) is 0 Å². The highest BCUT2D eigenvalue weighted by atomic mass is 32.2. The molecule has 3 nitrogen and oxygen atoms in total. The van der Waals surface area contributed by atoms with Crippen molar-refractivity contribution in [2.24, 2.45) is 0 Å². The van der Waals surface area contributed by atoms with Crippen LogP contribution in [0, 0.1) is 17.1 Å². The van der Waals surface area contributed by atoms with Gasteiger partial charge in [-0.2, -0.15) is 17.0 Å². The zero-order valence-electron chi connectivity index (χ0n) is 11.5. The number of hydrogen-bond acceptors (Lipinski definition) is 4. The zero-order chi connectivity index (χ0) is 14.6. The molecule has 1 saturated heterocycles. The Hall–Kier alpha value is -1.09. The Balaban J connectivity index is 1.96. The minimum atomic E-state index is -0.648. The van der Waals surface area contributed by atoms with Gasteiger partial charge in [-0.15, -0.1) is 0 Å². The monoisotopic (exact) mass is 294 g/mol. The number of hydrogen-bond donors (Lipinski definition) is 2. The summed E-state index contributed by atoms with van der Waals surface area (Å²) in [6.07, 6.45) is 1.58. The van der Waals surface area contributed by atoms with Gasteiger partial charge in [0.15, 0.2) is 0 Å². The maximum absolute atomic E-state index is 13.6. The lowest BCUT2D eigenvalue weighted by molar-refractivity contribution is 0.0300. The number of nitrogens with zero attached hydrogens (tertiary/aromatic N) is 1. The van der Waals surface area contributed by atoms with Crippen molar-refractivity contribution in [3.05, 3.63) is 35.1 Å². The fraction of sp³-hybridized carbons (Fsp3) is 0.533. The second-order valence-corrected chi connectivity index (χ2v) is 6.52. The predicted octanol–water partition coefficient (Wildman–Crippen LogP) is 2.61. The quantitative estimate of drug-likeness (QED) is 0.896. The smallest absolute Gasteiger partial charge is 0.141 e. The first-order valence-corrected chi connectivity index (χ1v) is 7.93. The van der Waals surface area contributed by atoms with E-state index in [1.54, 1.807) is 6.07 Å². The summed E-state index contributed by atoms with van der Waals surface area (Å²) in [4.78, 5) is 0. The molecule has 5 heteroatoms. The van der Waals surface area contributed by atoms with Crippen molar-refractivity contribution < 1.29 is 9.50 Å². The van der Waals surface area contributed by atoms with Crippen molar-refractivity contribution in [3.8, 4) is 6.07 Å². The van der Waals surface area contributed by atoms with Gasteiger partial charge < -0.3 is 10.4 Å². The van der Waals surface area contributed by atoms with Crippen LogP contribution in [-0.2, 0) is 0 Å². The van der Waals surface area contributed by atoms with E-state index in [1.807, 2.05) is 24.8 Å². The zero-order valence-corrected chi connectivity index (χ0v) is 12.3. The summed E-state index contributed by atoms with van der Waals surface area (Å²) in [6, 6.07) is 6.38. The molecule has 1 aromatic rings. The number of thioether (sulfide) groups is 1. The van der Waals surface area contributed by atoms with Crippen LogP contribution in [0.25, 0.3) is 0 Å². The molecule has 0 aromatic heterocycles. The molecule has 1 fully saturated rings. The molecule has 1 aromatic carbocycles. The first kappa shape index (κ1) is 15.3. The Bertz CT molecular complexity index is 509. The molecule has 0 spiro atoms. The second-order valence-electron chi connectivity index (χ2n) is 5.29. The molecule has 0 saturated carbocycles. The van der Waals surface area contributed by atoms with Gasteiger partial charge in [-0.05, 0) is 49.0 Å². The number of aliphatic hydroxyl groups is 1. The van der Waals surface area contributed by atoms with Crippen molar-refractivity contribution in [1.29, 1.82) is 5.26 Å². The summed E-state index contributed by atoms with van der Waals surface area (Å²) < 4.78 is 13.6. The van der Waals surface area contributed by atoms with Crippen LogP contribution < -0.4 is 5.32 Å². The van der Waals surface area contributed by atoms with Crippen LogP contribution in [-0.4, -0.2) is 28.8 Å². The third kappa shape index (κ3) is 3.72. The van der Waals surface area contributed by atoms with Crippen molar-refractivity contribution in [2.45, 2.75) is 31.4 Å². The number of halogens is 1. The van der Waals surface area contributed by atoms with Gasteiger partial charge in [-0.25, -0.2) is 4.39 Å². The molecule has 0 amide bonds. The molecule has 0 radical (unpaired) electrons. The Labute approximate surface area is 123 Å². The van der Waals surface area contributed by atoms with E-state index in [1.165, 1.54) is 12.1 Å². The average molecular weight is 294 g/mol. The molecule has 0 aliphatic carbocycles. The Morgan fingerprint density at radius 3 is 2.80 bits per heavy atom. The summed E-state index contributed by atoms with van der Waals surface area (Å²) in [5, 5.41) is 22.4. The minimum Gasteiger partial charge on any atom is -0.389 e. The van der Waals surface area contributed by atoms with E-state index in [0.29, 0.717) is 6.54 Å². The van der Waals surface area contributed by atoms with Crippen molar-refractivity contribution >= 4 is 11.8 Å². The molecule has 1 aliphatic heterocycles. The molecule has 1 heterocycles. The van der Waals surface area contributed by atoms with E-state index < -0.39 is 11.4 Å². The number of benzene rings is 1. The average Bonchev–Trinajstić information content (AvgIpc) is 2.45. The van der Waals surface area contributed by atoms with Gasteiger partial charge in [0, 0.05) is 12.6 Å². The van der Waals surface area contributed by atoms with Crippen LogP contribution in [0.5, 0.6) is 0 Å². The van der Waals surface area contributed by atoms with Gasteiger partial charge in [0.2, 0.25) is 0 Å². The second kappa shape index (κ2) is 6.57. The normalized spacial score (nSPS) is 19.3. The molecule has 0 bridgehead atoms. The van der Waals surface area contributed by atoms with E-state index in [9.17, 15) is 9.50 Å². The molecule has 1 unspecified atom stereocenters. The maximum atomic E-state index is 13.6. The lowest BCUT2D eigenvalue weighted by Gasteiger charge is -2.33. The summed E-state index contributed by atoms with van der Waals surface area (Å²) in [5.74, 6) is 1.47. The highest BCUT2D eigenvalue weighted by molar-refractivity contribution is 7.99. The van der Waals surface area contributed by atoms with E-state index in [-0.39, 0.29) is 11.6 Å². The van der Waals surface area contributed by atoms with Gasteiger partial charge in [0.1, 0.15) is 11.9 Å². The fourth-order valence-corrected chi connectivity index (χ4v) is 3.53. The number of nitrogens with one attached hydrogen (secondary N) is 1. The van der Waals surface area contributed by atoms with Crippen molar-refractivity contribution in [1.82, 2.24) is 5.32 Å². The van der Waals surface area contributed by atoms with E-state index in [0.717, 1.165) is 29.9 Å². The summed E-state index contributed by atoms with van der Waals surface area (Å²) in [7, 11) is 0. The Morgan fingerprint density at radius 2 is 2.20 bits per heavy atom. The first-order valence-electron chi connectivity index (χ1n) is 6.77. The lowest BCUT2D eigenvalue weighted by Crippen LogP contribution is -2.44. The lowest BCUT2D eigenvalue weighted by atomic mass is 9.96. The van der Waals surface area contributed by atoms with Crippen LogP contribution in [0.15, 0.2) is 18.2 Å². The topological polar surface area (TPSA) is 56.0 Å². The first-order chi connectivity index (χ1) is 9.54. The van der Waals surface area contributed by atoms with Gasteiger partial charge >= 0.3 is 0 Å². The third-order valence-corrected chi connectivity index (χ3v) is 4.76. The van der Waals surface area contributed by atoms with Gasteiger partial charge in [0.05, 0.1) is 11.2 Å². The highest BCUT2D eigenvalue weighted by Crippen LogP contribution is 2.27. The van der Waals surface area contributed by atoms with E-state index in [4.69, 9.17) is 5.26 Å². The highest BCUT2D eigenvalue weighted by Gasteiger charge is 2.29. The molecule has 2 rings (SSSR count). The largest absolute Gasteiger partial charge is 0.389 e. The van der Waals surface area contributed by atoms with Crippen LogP contribution in [0.4, 0.5) is 4.39 Å². The maximum Gasteiger partial charge on any atom is 0.141 e. The van der Waals surface area contributed by atoms with Crippen molar-refractivity contribution in [3.63, 3.8) is 0 Å². The summed E-state index contributed by atoms with van der Waals surface area (Å²) in [6.45, 7) is 2.44. The van der Waals surface area contributed by atoms with Gasteiger partial charge in [-0.1, -0.05) is 6.07 Å². The number of rotatable bonds is 4. The third-order valence-electron chi connectivity index (χ3n) is 3.77. The molecule has 1 aliphatic rings. The molecule has 108 valence electrons. The Morgan fingerprint density at radius 1 is 1.50 bits per heavy atom. The SMILES string of the molecule is CC(NCC1(O)CCSCC1)c1ccc(C#N)c(F)c1.